The third-order valence-corrected chi connectivity index (χ3v) is 3.87. The van der Waals surface area contributed by atoms with E-state index in [0.29, 0.717) is 17.3 Å². The number of nitrogens with two attached hydrogens (primary N) is 1. The van der Waals surface area contributed by atoms with Gasteiger partial charge in [0.1, 0.15) is 0 Å². The zero-order chi connectivity index (χ0) is 15.2. The third-order valence-electron chi connectivity index (χ3n) is 2.91. The first-order valence-corrected chi connectivity index (χ1v) is 8.25. The van der Waals surface area contributed by atoms with Crippen molar-refractivity contribution in [2.24, 2.45) is 5.73 Å². The smallest absolute Gasteiger partial charge is 0.242 e. The number of amides is 1. The van der Waals surface area contributed by atoms with Crippen LogP contribution >= 0.6 is 23.4 Å². The summed E-state index contributed by atoms with van der Waals surface area (Å²) in [6.07, 6.45) is 4.36. The fraction of sp³-hybridized carbons (Fsp3) is 0.286. The maximum Gasteiger partial charge on any atom is 0.242 e. The van der Waals surface area contributed by atoms with Gasteiger partial charge in [-0.3, -0.25) is 4.79 Å². The summed E-state index contributed by atoms with van der Waals surface area (Å²) in [5, 5.41) is 7.59. The zero-order valence-corrected chi connectivity index (χ0v) is 13.2. The van der Waals surface area contributed by atoms with Gasteiger partial charge >= 0.3 is 0 Å². The maximum absolute atomic E-state index is 11.9. The number of carbonyl (C=O) groups is 1. The Morgan fingerprint density at radius 2 is 2.24 bits per heavy atom. The van der Waals surface area contributed by atoms with Crippen molar-refractivity contribution in [1.82, 2.24) is 9.78 Å². The molecule has 0 bridgehead atoms. The van der Waals surface area contributed by atoms with Crippen LogP contribution in [0.3, 0.4) is 0 Å². The first-order valence-electron chi connectivity index (χ1n) is 6.48. The molecule has 0 spiro atoms. The van der Waals surface area contributed by atoms with Crippen LogP contribution in [0.2, 0.25) is 5.02 Å². The fourth-order valence-corrected chi connectivity index (χ4v) is 2.47. The van der Waals surface area contributed by atoms with Crippen LogP contribution in [0, 0.1) is 0 Å². The average Bonchev–Trinajstić information content (AvgIpc) is 2.93. The largest absolute Gasteiger partial charge is 0.320 e. The van der Waals surface area contributed by atoms with Gasteiger partial charge in [-0.1, -0.05) is 23.7 Å². The number of carbonyl (C=O) groups excluding carboxylic acids is 1. The van der Waals surface area contributed by atoms with Crippen molar-refractivity contribution in [2.45, 2.75) is 12.5 Å². The fourth-order valence-electron chi connectivity index (χ4n) is 1.76. The van der Waals surface area contributed by atoms with Crippen LogP contribution in [0.4, 0.5) is 5.82 Å². The van der Waals surface area contributed by atoms with Crippen LogP contribution in [0.5, 0.6) is 0 Å². The van der Waals surface area contributed by atoms with Crippen molar-refractivity contribution in [1.29, 1.82) is 0 Å². The van der Waals surface area contributed by atoms with Crippen LogP contribution in [0.25, 0.3) is 5.69 Å². The number of benzene rings is 1. The number of anilines is 1. The second kappa shape index (κ2) is 7.49. The number of para-hydroxylation sites is 1. The summed E-state index contributed by atoms with van der Waals surface area (Å²) in [5.74, 6) is 1.08. The molecule has 5 nitrogen and oxygen atoms in total. The van der Waals surface area contributed by atoms with Gasteiger partial charge in [0.25, 0.3) is 0 Å². The highest BCUT2D eigenvalue weighted by atomic mass is 35.5. The molecule has 1 atom stereocenters. The van der Waals surface area contributed by atoms with Gasteiger partial charge in [-0.15, -0.1) is 0 Å². The van der Waals surface area contributed by atoms with E-state index in [9.17, 15) is 4.79 Å². The molecule has 7 heteroatoms. The number of hydrogen-bond acceptors (Lipinski definition) is 4. The summed E-state index contributed by atoms with van der Waals surface area (Å²) in [6.45, 7) is 0. The van der Waals surface area contributed by atoms with Gasteiger partial charge < -0.3 is 11.1 Å². The Morgan fingerprint density at radius 1 is 1.48 bits per heavy atom. The molecule has 0 aliphatic rings. The molecule has 1 unspecified atom stereocenters. The quantitative estimate of drug-likeness (QED) is 0.856. The van der Waals surface area contributed by atoms with E-state index < -0.39 is 6.04 Å². The topological polar surface area (TPSA) is 72.9 Å². The molecule has 0 fully saturated rings. The van der Waals surface area contributed by atoms with Crippen molar-refractivity contribution in [3.63, 3.8) is 0 Å². The van der Waals surface area contributed by atoms with Gasteiger partial charge in [0.2, 0.25) is 5.91 Å². The van der Waals surface area contributed by atoms with Crippen molar-refractivity contribution in [3.8, 4) is 5.69 Å². The van der Waals surface area contributed by atoms with E-state index in [2.05, 4.69) is 10.4 Å². The summed E-state index contributed by atoms with van der Waals surface area (Å²) in [6, 6.07) is 8.55. The van der Waals surface area contributed by atoms with Crippen molar-refractivity contribution in [3.05, 3.63) is 41.6 Å². The van der Waals surface area contributed by atoms with Crippen molar-refractivity contribution >= 4 is 35.1 Å². The first kappa shape index (κ1) is 15.9. The number of hydrogen-bond donors (Lipinski definition) is 2. The number of aromatic nitrogens is 2. The molecule has 0 radical (unpaired) electrons. The number of nitrogens with one attached hydrogen (secondary N) is 1. The molecule has 0 saturated heterocycles. The molecule has 0 saturated carbocycles. The molecular formula is C14H17ClN4OS. The standard InChI is InChI=1S/C14H17ClN4OS/c1-21-9-7-11(16)14(20)17-13-6-8-19(18-13)12-5-3-2-4-10(12)15/h2-6,8,11H,7,9,16H2,1H3,(H,17,18,20). The van der Waals surface area contributed by atoms with E-state index in [1.165, 1.54) is 0 Å². The van der Waals surface area contributed by atoms with E-state index in [1.807, 2.05) is 24.5 Å². The number of halogens is 1. The Bertz CT molecular complexity index is 617. The van der Waals surface area contributed by atoms with Gasteiger partial charge in [0.15, 0.2) is 5.82 Å². The zero-order valence-electron chi connectivity index (χ0n) is 11.6. The van der Waals surface area contributed by atoms with Gasteiger partial charge in [-0.2, -0.15) is 16.9 Å². The molecular weight excluding hydrogens is 308 g/mol. The van der Waals surface area contributed by atoms with E-state index >= 15 is 0 Å². The van der Waals surface area contributed by atoms with Gasteiger partial charge in [0.05, 0.1) is 16.8 Å². The van der Waals surface area contributed by atoms with Gasteiger partial charge in [0, 0.05) is 12.3 Å². The SMILES string of the molecule is CSCCC(N)C(=O)Nc1ccn(-c2ccccc2Cl)n1. The lowest BCUT2D eigenvalue weighted by Gasteiger charge is -2.09. The molecule has 112 valence electrons. The highest BCUT2D eigenvalue weighted by molar-refractivity contribution is 7.98. The van der Waals surface area contributed by atoms with Crippen LogP contribution in [0.1, 0.15) is 6.42 Å². The lowest BCUT2D eigenvalue weighted by atomic mass is 10.2. The molecule has 21 heavy (non-hydrogen) atoms. The monoisotopic (exact) mass is 324 g/mol. The highest BCUT2D eigenvalue weighted by Crippen LogP contribution is 2.20. The summed E-state index contributed by atoms with van der Waals surface area (Å²) in [7, 11) is 0. The summed E-state index contributed by atoms with van der Waals surface area (Å²) in [4.78, 5) is 11.9. The van der Waals surface area contributed by atoms with E-state index in [1.54, 1.807) is 34.8 Å². The predicted molar refractivity (Wildman–Crippen MR) is 88.2 cm³/mol. The minimum absolute atomic E-state index is 0.228. The third kappa shape index (κ3) is 4.23. The predicted octanol–water partition coefficient (Wildman–Crippen LogP) is 2.54. The average molecular weight is 325 g/mol. The summed E-state index contributed by atoms with van der Waals surface area (Å²) < 4.78 is 1.62. The van der Waals surface area contributed by atoms with E-state index in [4.69, 9.17) is 17.3 Å². The Kier molecular flexibility index (Phi) is 5.67. The number of rotatable bonds is 6. The van der Waals surface area contributed by atoms with E-state index in [0.717, 1.165) is 11.4 Å². The summed E-state index contributed by atoms with van der Waals surface area (Å²) in [5.41, 5.74) is 6.57. The molecule has 2 rings (SSSR count). The maximum atomic E-state index is 11.9. The molecule has 2 aromatic rings. The molecule has 1 heterocycles. The highest BCUT2D eigenvalue weighted by Gasteiger charge is 2.14. The molecule has 3 N–H and O–H groups in total. The molecule has 1 aromatic carbocycles. The molecule has 1 amide bonds. The van der Waals surface area contributed by atoms with Gasteiger partial charge in [-0.25, -0.2) is 4.68 Å². The lowest BCUT2D eigenvalue weighted by molar-refractivity contribution is -0.117. The minimum atomic E-state index is -0.525. The summed E-state index contributed by atoms with van der Waals surface area (Å²) >= 11 is 7.77. The normalized spacial score (nSPS) is 12.1. The second-order valence-electron chi connectivity index (χ2n) is 4.47. The molecule has 1 aromatic heterocycles. The molecule has 0 aliphatic carbocycles. The Balaban J connectivity index is 2.04. The Labute approximate surface area is 132 Å². The minimum Gasteiger partial charge on any atom is -0.320 e. The Hall–Kier alpha value is -1.50. The van der Waals surface area contributed by atoms with Gasteiger partial charge in [-0.05, 0) is 30.6 Å². The van der Waals surface area contributed by atoms with Crippen LogP contribution in [-0.2, 0) is 4.79 Å². The number of thioether (sulfide) groups is 1. The molecule has 0 aliphatic heterocycles. The number of nitrogens with zero attached hydrogens (tertiary/aromatic N) is 2. The van der Waals surface area contributed by atoms with E-state index in [-0.39, 0.29) is 5.91 Å². The Morgan fingerprint density at radius 3 is 2.95 bits per heavy atom. The second-order valence-corrected chi connectivity index (χ2v) is 5.87. The van der Waals surface area contributed by atoms with Crippen LogP contribution in [-0.4, -0.2) is 33.7 Å². The lowest BCUT2D eigenvalue weighted by Crippen LogP contribution is -2.36. The first-order chi connectivity index (χ1) is 10.1. The van der Waals surface area contributed by atoms with Crippen LogP contribution < -0.4 is 11.1 Å². The van der Waals surface area contributed by atoms with Crippen molar-refractivity contribution < 1.29 is 4.79 Å². The van der Waals surface area contributed by atoms with Crippen molar-refractivity contribution in [2.75, 3.05) is 17.3 Å². The van der Waals surface area contributed by atoms with Crippen LogP contribution in [0.15, 0.2) is 36.5 Å².